The van der Waals surface area contributed by atoms with E-state index in [9.17, 15) is 18.0 Å². The van der Waals surface area contributed by atoms with Gasteiger partial charge in [0, 0.05) is 12.2 Å². The number of anilines is 2. The zero-order valence-corrected chi connectivity index (χ0v) is 20.9. The number of carbonyl (C=O) groups is 1. The molecule has 3 aromatic carbocycles. The van der Waals surface area contributed by atoms with E-state index >= 15 is 0 Å². The Morgan fingerprint density at radius 3 is 2.46 bits per heavy atom. The van der Waals surface area contributed by atoms with Gasteiger partial charge in [-0.2, -0.15) is 0 Å². The number of hydrogen-bond acceptors (Lipinski definition) is 6. The molecule has 4 aromatic rings. The van der Waals surface area contributed by atoms with Crippen molar-refractivity contribution in [3.63, 3.8) is 0 Å². The number of carbonyl (C=O) groups excluding carboxylic acids is 1. The Morgan fingerprint density at radius 2 is 1.74 bits per heavy atom. The molecule has 1 heterocycles. The fourth-order valence-electron chi connectivity index (χ4n) is 3.73. The number of nitrogens with zero attached hydrogens (tertiary/aromatic N) is 2. The molecule has 0 radical (unpaired) electrons. The minimum Gasteiger partial charge on any atom is -0.492 e. The fourth-order valence-corrected chi connectivity index (χ4v) is 6.18. The summed E-state index contributed by atoms with van der Waals surface area (Å²) in [5, 5.41) is 2.77. The number of fused-ring (bicyclic) bond motifs is 1. The number of hydrogen-bond donors (Lipinski definition) is 1. The van der Waals surface area contributed by atoms with Crippen LogP contribution in [0, 0.1) is 0 Å². The third-order valence-electron chi connectivity index (χ3n) is 5.32. The van der Waals surface area contributed by atoms with Crippen molar-refractivity contribution in [3.8, 4) is 5.75 Å². The average Bonchev–Trinajstić information content (AvgIpc) is 3.17. The Kier molecular flexibility index (Phi) is 7.23. The number of thiazole rings is 1. The lowest BCUT2D eigenvalue weighted by molar-refractivity contribution is -0.114. The van der Waals surface area contributed by atoms with Gasteiger partial charge in [0.25, 0.3) is 10.0 Å². The fraction of sp³-hybridized carbons (Fsp3) is 0.200. The van der Waals surface area contributed by atoms with Crippen LogP contribution in [-0.2, 0) is 21.4 Å². The number of rotatable bonds is 9. The van der Waals surface area contributed by atoms with Crippen molar-refractivity contribution >= 4 is 48.9 Å². The van der Waals surface area contributed by atoms with Gasteiger partial charge >= 0.3 is 4.87 Å². The zero-order valence-electron chi connectivity index (χ0n) is 19.3. The van der Waals surface area contributed by atoms with Gasteiger partial charge in [0.2, 0.25) is 5.91 Å². The van der Waals surface area contributed by atoms with E-state index < -0.39 is 22.5 Å². The molecule has 0 fully saturated rings. The maximum Gasteiger partial charge on any atom is 0.308 e. The van der Waals surface area contributed by atoms with Crippen molar-refractivity contribution in [3.05, 3.63) is 82.5 Å². The highest BCUT2D eigenvalue weighted by atomic mass is 32.2. The monoisotopic (exact) mass is 511 g/mol. The molecule has 0 aliphatic rings. The minimum absolute atomic E-state index is 0.0613. The number of nitrogens with one attached hydrogen (secondary N) is 1. The van der Waals surface area contributed by atoms with E-state index in [-0.39, 0.29) is 15.5 Å². The third-order valence-corrected chi connectivity index (χ3v) is 8.04. The molecular formula is C25H25N3O5S2. The first-order valence-corrected chi connectivity index (χ1v) is 13.3. The Morgan fingerprint density at radius 1 is 1.03 bits per heavy atom. The van der Waals surface area contributed by atoms with Gasteiger partial charge in [0.15, 0.2) is 0 Å². The Bertz CT molecular complexity index is 1510. The zero-order chi connectivity index (χ0) is 25.0. The molecule has 0 aliphatic carbocycles. The lowest BCUT2D eigenvalue weighted by Gasteiger charge is -2.26. The predicted octanol–water partition coefficient (Wildman–Crippen LogP) is 4.32. The SMILES string of the molecule is CCOc1ccccc1N(CC(=O)Nc1ccc2c(c1)sc(=O)n2CC)S(=O)(=O)c1ccccc1. The molecule has 0 aliphatic heterocycles. The highest BCUT2D eigenvalue weighted by Gasteiger charge is 2.29. The summed E-state index contributed by atoms with van der Waals surface area (Å²) in [6.45, 7) is 4.12. The van der Waals surface area contributed by atoms with Crippen molar-refractivity contribution in [2.75, 3.05) is 22.8 Å². The predicted molar refractivity (Wildman–Crippen MR) is 139 cm³/mol. The summed E-state index contributed by atoms with van der Waals surface area (Å²) in [5.41, 5.74) is 1.53. The molecule has 1 amide bonds. The van der Waals surface area contributed by atoms with E-state index in [1.54, 1.807) is 72.2 Å². The molecule has 8 nitrogen and oxygen atoms in total. The van der Waals surface area contributed by atoms with E-state index in [1.165, 1.54) is 12.1 Å². The average molecular weight is 512 g/mol. The molecule has 0 saturated carbocycles. The molecule has 182 valence electrons. The van der Waals surface area contributed by atoms with Crippen LogP contribution < -0.4 is 19.2 Å². The summed E-state index contributed by atoms with van der Waals surface area (Å²) in [6.07, 6.45) is 0. The summed E-state index contributed by atoms with van der Waals surface area (Å²) < 4.78 is 36.3. The summed E-state index contributed by atoms with van der Waals surface area (Å²) >= 11 is 1.10. The minimum atomic E-state index is -4.07. The van der Waals surface area contributed by atoms with Crippen LogP contribution in [0.1, 0.15) is 13.8 Å². The molecule has 1 N–H and O–H groups in total. The van der Waals surface area contributed by atoms with Crippen LogP contribution in [0.2, 0.25) is 0 Å². The van der Waals surface area contributed by atoms with Gasteiger partial charge in [0.05, 0.1) is 27.4 Å². The number of sulfonamides is 1. The molecular weight excluding hydrogens is 486 g/mol. The van der Waals surface area contributed by atoms with Gasteiger partial charge in [-0.15, -0.1) is 0 Å². The van der Waals surface area contributed by atoms with Gasteiger partial charge in [-0.05, 0) is 56.3 Å². The molecule has 0 saturated heterocycles. The summed E-state index contributed by atoms with van der Waals surface area (Å²) in [4.78, 5) is 25.2. The van der Waals surface area contributed by atoms with E-state index in [2.05, 4.69) is 5.32 Å². The Balaban J connectivity index is 1.68. The first-order chi connectivity index (χ1) is 16.8. The molecule has 0 unspecified atom stereocenters. The summed E-state index contributed by atoms with van der Waals surface area (Å²) in [6, 6.07) is 19.8. The van der Waals surface area contributed by atoms with Crippen molar-refractivity contribution < 1.29 is 17.9 Å². The lowest BCUT2D eigenvalue weighted by Crippen LogP contribution is -2.38. The Hall–Kier alpha value is -3.63. The van der Waals surface area contributed by atoms with Gasteiger partial charge in [-0.25, -0.2) is 8.42 Å². The van der Waals surface area contributed by atoms with Gasteiger partial charge in [-0.1, -0.05) is 41.7 Å². The summed E-state index contributed by atoms with van der Waals surface area (Å²) in [7, 11) is -4.07. The second kappa shape index (κ2) is 10.3. The van der Waals surface area contributed by atoms with Crippen LogP contribution in [0.25, 0.3) is 10.2 Å². The topological polar surface area (TPSA) is 97.7 Å². The Labute approximate surface area is 207 Å². The molecule has 35 heavy (non-hydrogen) atoms. The van der Waals surface area contributed by atoms with Gasteiger partial charge < -0.3 is 10.1 Å². The van der Waals surface area contributed by atoms with Gasteiger partial charge in [-0.3, -0.25) is 18.5 Å². The standard InChI is InChI=1S/C25H25N3O5S2/c1-3-27-21-15-14-18(16-23(21)34-25(27)30)26-24(29)17-28(20-12-8-9-13-22(20)33-4-2)35(31,32)19-10-6-5-7-11-19/h5-16H,3-4,17H2,1-2H3,(H,26,29). The molecule has 0 bridgehead atoms. The highest BCUT2D eigenvalue weighted by molar-refractivity contribution is 7.92. The largest absolute Gasteiger partial charge is 0.492 e. The first kappa shape index (κ1) is 24.5. The maximum atomic E-state index is 13.6. The molecule has 0 atom stereocenters. The van der Waals surface area contributed by atoms with Crippen molar-refractivity contribution in [1.82, 2.24) is 4.57 Å². The second-order valence-electron chi connectivity index (χ2n) is 7.57. The van der Waals surface area contributed by atoms with Crippen LogP contribution >= 0.6 is 11.3 Å². The molecule has 1 aromatic heterocycles. The number of amides is 1. The van der Waals surface area contributed by atoms with Gasteiger partial charge in [0.1, 0.15) is 12.3 Å². The second-order valence-corrected chi connectivity index (χ2v) is 10.4. The number of aryl methyl sites for hydroxylation is 1. The van der Waals surface area contributed by atoms with E-state index in [0.717, 1.165) is 25.9 Å². The van der Waals surface area contributed by atoms with Crippen molar-refractivity contribution in [2.24, 2.45) is 0 Å². The first-order valence-electron chi connectivity index (χ1n) is 11.1. The van der Waals surface area contributed by atoms with Crippen molar-refractivity contribution in [2.45, 2.75) is 25.3 Å². The molecule has 4 rings (SSSR count). The van der Waals surface area contributed by atoms with Crippen LogP contribution in [0.3, 0.4) is 0 Å². The van der Waals surface area contributed by atoms with E-state index in [1.807, 2.05) is 6.92 Å². The molecule has 0 spiro atoms. The number of benzene rings is 3. The van der Waals surface area contributed by atoms with E-state index in [0.29, 0.717) is 24.6 Å². The normalized spacial score (nSPS) is 11.4. The highest BCUT2D eigenvalue weighted by Crippen LogP contribution is 2.32. The molecule has 10 heteroatoms. The van der Waals surface area contributed by atoms with E-state index in [4.69, 9.17) is 4.74 Å². The van der Waals surface area contributed by atoms with Crippen LogP contribution in [0.5, 0.6) is 5.75 Å². The van der Waals surface area contributed by atoms with Crippen molar-refractivity contribution in [1.29, 1.82) is 0 Å². The van der Waals surface area contributed by atoms with Crippen LogP contribution in [0.4, 0.5) is 11.4 Å². The summed E-state index contributed by atoms with van der Waals surface area (Å²) in [5.74, 6) is -0.174. The lowest BCUT2D eigenvalue weighted by atomic mass is 10.2. The number of aromatic nitrogens is 1. The number of ether oxygens (including phenoxy) is 1. The quantitative estimate of drug-likeness (QED) is 0.361. The third kappa shape index (κ3) is 5.08. The smallest absolute Gasteiger partial charge is 0.308 e. The maximum absolute atomic E-state index is 13.6. The van der Waals surface area contributed by atoms with Crippen LogP contribution in [-0.4, -0.2) is 32.0 Å². The number of para-hydroxylation sites is 2. The van der Waals surface area contributed by atoms with Crippen LogP contribution in [0.15, 0.2) is 82.5 Å².